The number of rotatable bonds is 6. The summed E-state index contributed by atoms with van der Waals surface area (Å²) in [6.45, 7) is 1.91. The highest BCUT2D eigenvalue weighted by atomic mass is 32.2. The summed E-state index contributed by atoms with van der Waals surface area (Å²) >= 11 is 3.04. The van der Waals surface area contributed by atoms with Gasteiger partial charge in [-0.3, -0.25) is 9.36 Å². The van der Waals surface area contributed by atoms with Crippen molar-refractivity contribution >= 4 is 34.0 Å². The van der Waals surface area contributed by atoms with Gasteiger partial charge in [-0.1, -0.05) is 36.0 Å². The Morgan fingerprint density at radius 2 is 1.97 bits per heavy atom. The highest BCUT2D eigenvalue weighted by molar-refractivity contribution is 7.98. The third-order valence-corrected chi connectivity index (χ3v) is 6.83. The van der Waals surface area contributed by atoms with Crippen LogP contribution in [-0.2, 0) is 5.75 Å². The minimum Gasteiger partial charge on any atom is -0.497 e. The van der Waals surface area contributed by atoms with E-state index in [4.69, 9.17) is 14.1 Å². The molecule has 0 unspecified atom stereocenters. The van der Waals surface area contributed by atoms with Crippen LogP contribution in [0.1, 0.15) is 11.5 Å². The molecule has 2 aromatic carbocycles. The van der Waals surface area contributed by atoms with Crippen LogP contribution in [0, 0.1) is 6.92 Å². The predicted molar refractivity (Wildman–Crippen MR) is 128 cm³/mol. The summed E-state index contributed by atoms with van der Waals surface area (Å²) in [4.78, 5) is 23.9. The third-order valence-electron chi connectivity index (χ3n) is 5.02. The lowest BCUT2D eigenvalue weighted by molar-refractivity contribution is 0.414. The molecule has 160 valence electrons. The number of aromatic nitrogens is 3. The molecule has 32 heavy (non-hydrogen) atoms. The molecule has 0 spiro atoms. The number of ether oxygens (including phenoxy) is 1. The molecule has 0 saturated carbocycles. The molecule has 5 rings (SSSR count). The number of methoxy groups -OCH3 is 1. The highest BCUT2D eigenvalue weighted by Gasteiger charge is 2.17. The average Bonchev–Trinajstić information content (AvgIpc) is 3.48. The standard InChI is InChI=1S/C24H19N3O3S2/c1-15-20(25-22(30-15)21-11-6-12-31-21)14-32-24-26-19-10-4-3-9-18(19)23(28)27(24)16-7-5-8-17(13-16)29-2/h3-13H,14H2,1-2H3. The van der Waals surface area contributed by atoms with E-state index in [1.54, 1.807) is 29.1 Å². The molecule has 0 radical (unpaired) electrons. The van der Waals surface area contributed by atoms with Gasteiger partial charge in [0, 0.05) is 11.8 Å². The number of hydrogen-bond donors (Lipinski definition) is 0. The molecule has 0 bridgehead atoms. The summed E-state index contributed by atoms with van der Waals surface area (Å²) in [5.41, 5.74) is 2.07. The number of oxazole rings is 1. The summed E-state index contributed by atoms with van der Waals surface area (Å²) in [6.07, 6.45) is 0. The second-order valence-corrected chi connectivity index (χ2v) is 8.93. The maximum Gasteiger partial charge on any atom is 0.266 e. The lowest BCUT2D eigenvalue weighted by Gasteiger charge is -2.13. The molecule has 0 saturated heterocycles. The van der Waals surface area contributed by atoms with Gasteiger partial charge < -0.3 is 9.15 Å². The number of thiophene rings is 1. The number of thioether (sulfide) groups is 1. The van der Waals surface area contributed by atoms with Gasteiger partial charge in [0.2, 0.25) is 5.89 Å². The molecular formula is C24H19N3O3S2. The minimum atomic E-state index is -0.123. The summed E-state index contributed by atoms with van der Waals surface area (Å²) in [7, 11) is 1.61. The number of hydrogen-bond acceptors (Lipinski definition) is 7. The molecule has 5 aromatic rings. The topological polar surface area (TPSA) is 70.2 Å². The number of aryl methyl sites for hydroxylation is 1. The fraction of sp³-hybridized carbons (Fsp3) is 0.125. The summed E-state index contributed by atoms with van der Waals surface area (Å²) < 4.78 is 12.9. The first-order valence-corrected chi connectivity index (χ1v) is 11.8. The number of nitrogens with zero attached hydrogens (tertiary/aromatic N) is 3. The lowest BCUT2D eigenvalue weighted by atomic mass is 10.2. The van der Waals surface area contributed by atoms with E-state index >= 15 is 0 Å². The van der Waals surface area contributed by atoms with Crippen molar-refractivity contribution in [2.75, 3.05) is 7.11 Å². The molecule has 3 aromatic heterocycles. The van der Waals surface area contributed by atoms with Gasteiger partial charge in [0.25, 0.3) is 5.56 Å². The van der Waals surface area contributed by atoms with E-state index < -0.39 is 0 Å². The Morgan fingerprint density at radius 1 is 1.09 bits per heavy atom. The smallest absolute Gasteiger partial charge is 0.266 e. The Hall–Kier alpha value is -3.36. The zero-order chi connectivity index (χ0) is 22.1. The van der Waals surface area contributed by atoms with Gasteiger partial charge in [-0.15, -0.1) is 11.3 Å². The molecule has 0 fully saturated rings. The number of para-hydroxylation sites is 1. The monoisotopic (exact) mass is 461 g/mol. The number of benzene rings is 2. The van der Waals surface area contributed by atoms with Crippen LogP contribution in [0.2, 0.25) is 0 Å². The summed E-state index contributed by atoms with van der Waals surface area (Å²) in [6, 6.07) is 18.8. The van der Waals surface area contributed by atoms with Crippen LogP contribution in [0.4, 0.5) is 0 Å². The van der Waals surface area contributed by atoms with Crippen LogP contribution >= 0.6 is 23.1 Å². The summed E-state index contributed by atoms with van der Waals surface area (Å²) in [5, 5.41) is 3.15. The molecule has 0 aliphatic heterocycles. The quantitative estimate of drug-likeness (QED) is 0.238. The van der Waals surface area contributed by atoms with E-state index in [9.17, 15) is 4.79 Å². The Labute approximate surface area is 192 Å². The molecule has 0 atom stereocenters. The molecule has 0 amide bonds. The van der Waals surface area contributed by atoms with Gasteiger partial charge >= 0.3 is 0 Å². The van der Waals surface area contributed by atoms with Crippen molar-refractivity contribution in [3.63, 3.8) is 0 Å². The van der Waals surface area contributed by atoms with Crippen molar-refractivity contribution in [1.29, 1.82) is 0 Å². The van der Waals surface area contributed by atoms with Crippen LogP contribution < -0.4 is 10.3 Å². The second-order valence-electron chi connectivity index (χ2n) is 7.04. The van der Waals surface area contributed by atoms with Crippen LogP contribution in [0.3, 0.4) is 0 Å². The van der Waals surface area contributed by atoms with Gasteiger partial charge in [-0.25, -0.2) is 9.97 Å². The van der Waals surface area contributed by atoms with E-state index in [0.29, 0.717) is 39.1 Å². The fourth-order valence-electron chi connectivity index (χ4n) is 3.39. The predicted octanol–water partition coefficient (Wildman–Crippen LogP) is 5.71. The average molecular weight is 462 g/mol. The largest absolute Gasteiger partial charge is 0.497 e. The van der Waals surface area contributed by atoms with Crippen molar-refractivity contribution in [2.24, 2.45) is 0 Å². The van der Waals surface area contributed by atoms with Crippen molar-refractivity contribution in [1.82, 2.24) is 14.5 Å². The molecule has 0 aliphatic rings. The maximum absolute atomic E-state index is 13.4. The lowest BCUT2D eigenvalue weighted by Crippen LogP contribution is -2.21. The molecule has 0 N–H and O–H groups in total. The van der Waals surface area contributed by atoms with Crippen LogP contribution in [0.15, 0.2) is 80.4 Å². The Balaban J connectivity index is 1.57. The van der Waals surface area contributed by atoms with Gasteiger partial charge in [0.1, 0.15) is 11.5 Å². The normalized spacial score (nSPS) is 11.2. The van der Waals surface area contributed by atoms with Crippen LogP contribution in [-0.4, -0.2) is 21.6 Å². The Morgan fingerprint density at radius 3 is 2.78 bits per heavy atom. The van der Waals surface area contributed by atoms with Gasteiger partial charge in [0.15, 0.2) is 5.16 Å². The molecule has 3 heterocycles. The molecule has 8 heteroatoms. The Bertz CT molecular complexity index is 1460. The molecule has 6 nitrogen and oxygen atoms in total. The minimum absolute atomic E-state index is 0.123. The van der Waals surface area contributed by atoms with Gasteiger partial charge in [-0.05, 0) is 42.6 Å². The van der Waals surface area contributed by atoms with Crippen LogP contribution in [0.25, 0.3) is 27.4 Å². The molecular weight excluding hydrogens is 442 g/mol. The Kier molecular flexibility index (Phi) is 5.55. The SMILES string of the molecule is COc1cccc(-n2c(SCc3nc(-c4cccs4)oc3C)nc3ccccc3c2=O)c1. The van der Waals surface area contributed by atoms with E-state index in [2.05, 4.69) is 4.98 Å². The van der Waals surface area contributed by atoms with E-state index in [1.165, 1.54) is 11.8 Å². The van der Waals surface area contributed by atoms with Gasteiger partial charge in [0.05, 0.1) is 34.3 Å². The fourth-order valence-corrected chi connectivity index (χ4v) is 5.05. The summed E-state index contributed by atoms with van der Waals surface area (Å²) in [5.74, 6) is 2.57. The van der Waals surface area contributed by atoms with E-state index in [0.717, 1.165) is 16.3 Å². The highest BCUT2D eigenvalue weighted by Crippen LogP contribution is 2.30. The van der Waals surface area contributed by atoms with E-state index in [-0.39, 0.29) is 5.56 Å². The van der Waals surface area contributed by atoms with Crippen molar-refractivity contribution in [2.45, 2.75) is 17.8 Å². The zero-order valence-electron chi connectivity index (χ0n) is 17.4. The van der Waals surface area contributed by atoms with Crippen LogP contribution in [0.5, 0.6) is 5.75 Å². The first-order valence-electron chi connectivity index (χ1n) is 9.93. The van der Waals surface area contributed by atoms with Crippen molar-refractivity contribution in [3.05, 3.63) is 87.9 Å². The number of fused-ring (bicyclic) bond motifs is 1. The second kappa shape index (κ2) is 8.64. The van der Waals surface area contributed by atoms with E-state index in [1.807, 2.05) is 66.9 Å². The zero-order valence-corrected chi connectivity index (χ0v) is 19.1. The third kappa shape index (κ3) is 3.83. The van der Waals surface area contributed by atoms with Gasteiger partial charge in [-0.2, -0.15) is 0 Å². The first kappa shape index (κ1) is 20.5. The van der Waals surface area contributed by atoms with Crippen molar-refractivity contribution < 1.29 is 9.15 Å². The maximum atomic E-state index is 13.4. The molecule has 0 aliphatic carbocycles. The van der Waals surface area contributed by atoms with Crippen molar-refractivity contribution in [3.8, 4) is 22.2 Å². The first-order chi connectivity index (χ1) is 15.6.